The van der Waals surface area contributed by atoms with E-state index in [1.807, 2.05) is 61.5 Å². The number of aryl methyl sites for hydroxylation is 1. The summed E-state index contributed by atoms with van der Waals surface area (Å²) in [6.45, 7) is 1.97. The third-order valence-electron chi connectivity index (χ3n) is 12.0. The average molecular weight is 739 g/mol. The van der Waals surface area contributed by atoms with Crippen molar-refractivity contribution in [2.24, 2.45) is 23.7 Å². The Morgan fingerprint density at radius 1 is 0.900 bits per heavy atom. The fourth-order valence-electron chi connectivity index (χ4n) is 9.76. The van der Waals surface area contributed by atoms with E-state index in [-0.39, 0.29) is 41.7 Å². The van der Waals surface area contributed by atoms with Crippen LogP contribution in [0.15, 0.2) is 82.9 Å². The largest absolute Gasteiger partial charge is 0.503 e. The molecule has 10 heteroatoms. The Balaban J connectivity index is 1.33. The molecule has 0 spiro atoms. The lowest BCUT2D eigenvalue weighted by Gasteiger charge is -2.50. The standard InChI is InChI=1S/C40H40BrN3O6/c1-22-13-15-25(16-14-22)42-44-37(47)30-21-29-27(17-18-28-33(29)38(48)43(36(28)46)26-11-7-4-8-12-26)34(23-19-31(41)35(45)32(20-23)50-2)40(30,39(44)49)24-9-5-3-6-10-24/h3,5-6,9-10,13-17,19-20,26,28-30,33-34,42,45H,4,7-8,11-12,18,21H2,1-2H3/t28-,29+,30-,33-,34-,40+/m0/s1. The topological polar surface area (TPSA) is 116 Å². The summed E-state index contributed by atoms with van der Waals surface area (Å²) in [7, 11) is 1.47. The molecule has 2 aliphatic heterocycles. The van der Waals surface area contributed by atoms with Gasteiger partial charge >= 0.3 is 0 Å². The maximum Gasteiger partial charge on any atom is 0.260 e. The van der Waals surface area contributed by atoms with Crippen molar-refractivity contribution in [3.63, 3.8) is 0 Å². The number of hydrazine groups is 1. The van der Waals surface area contributed by atoms with Gasteiger partial charge in [0.15, 0.2) is 11.5 Å². The molecule has 0 bridgehead atoms. The van der Waals surface area contributed by atoms with Crippen LogP contribution in [-0.4, -0.2) is 51.8 Å². The number of methoxy groups -OCH3 is 1. The predicted molar refractivity (Wildman–Crippen MR) is 190 cm³/mol. The fraction of sp³-hybridized carbons (Fsp3) is 0.400. The molecule has 0 radical (unpaired) electrons. The van der Waals surface area contributed by atoms with Gasteiger partial charge in [0.25, 0.3) is 11.8 Å². The van der Waals surface area contributed by atoms with Crippen molar-refractivity contribution in [3.8, 4) is 11.5 Å². The number of anilines is 1. The predicted octanol–water partition coefficient (Wildman–Crippen LogP) is 6.79. The molecular formula is C40H40BrN3O6. The monoisotopic (exact) mass is 737 g/mol. The van der Waals surface area contributed by atoms with Crippen molar-refractivity contribution >= 4 is 45.2 Å². The van der Waals surface area contributed by atoms with E-state index in [9.17, 15) is 19.5 Å². The summed E-state index contributed by atoms with van der Waals surface area (Å²) in [6.07, 6.45) is 7.40. The molecule has 2 saturated heterocycles. The molecule has 2 saturated carbocycles. The highest BCUT2D eigenvalue weighted by molar-refractivity contribution is 9.10. The van der Waals surface area contributed by atoms with E-state index in [0.717, 1.165) is 48.2 Å². The minimum Gasteiger partial charge on any atom is -0.503 e. The molecule has 3 aromatic rings. The summed E-state index contributed by atoms with van der Waals surface area (Å²) in [5.41, 5.74) is 5.59. The van der Waals surface area contributed by atoms with Crippen LogP contribution in [0.3, 0.4) is 0 Å². The number of phenolic OH excluding ortho intramolecular Hbond substituents is 1. The number of aromatic hydroxyl groups is 1. The number of amides is 4. The maximum absolute atomic E-state index is 15.3. The van der Waals surface area contributed by atoms with E-state index in [4.69, 9.17) is 4.74 Å². The molecular weight excluding hydrogens is 698 g/mol. The van der Waals surface area contributed by atoms with Crippen molar-refractivity contribution < 1.29 is 29.0 Å². The zero-order chi connectivity index (χ0) is 34.9. The van der Waals surface area contributed by atoms with Crippen LogP contribution in [-0.2, 0) is 24.6 Å². The molecule has 0 unspecified atom stereocenters. The second-order valence-electron chi connectivity index (χ2n) is 14.5. The van der Waals surface area contributed by atoms with Crippen LogP contribution in [0.5, 0.6) is 11.5 Å². The van der Waals surface area contributed by atoms with E-state index in [2.05, 4.69) is 27.4 Å². The van der Waals surface area contributed by atoms with Gasteiger partial charge in [-0.1, -0.05) is 78.9 Å². The molecule has 258 valence electrons. The summed E-state index contributed by atoms with van der Waals surface area (Å²) in [4.78, 5) is 60.2. The van der Waals surface area contributed by atoms with E-state index >= 15 is 4.79 Å². The van der Waals surface area contributed by atoms with Crippen LogP contribution in [0.4, 0.5) is 5.69 Å². The van der Waals surface area contributed by atoms with E-state index in [1.165, 1.54) is 7.11 Å². The summed E-state index contributed by atoms with van der Waals surface area (Å²) >= 11 is 3.51. The SMILES string of the molecule is COc1cc([C@H]2C3=CC[C@@H]4C(=O)N(C5CCCCC5)C(=O)[C@@H]4[C@@H]3C[C@H]3C(=O)N(Nc4ccc(C)cc4)C(=O)[C@@]23c2ccccc2)cc(Br)c1O. The number of hydrogen-bond donors (Lipinski definition) is 2. The van der Waals surface area contributed by atoms with Crippen molar-refractivity contribution in [2.75, 3.05) is 12.5 Å². The van der Waals surface area contributed by atoms with Crippen molar-refractivity contribution in [2.45, 2.75) is 69.2 Å². The number of phenols is 1. The quantitative estimate of drug-likeness (QED) is 0.212. The lowest BCUT2D eigenvalue weighted by molar-refractivity contribution is -0.144. The van der Waals surface area contributed by atoms with Gasteiger partial charge in [-0.2, -0.15) is 5.01 Å². The highest BCUT2D eigenvalue weighted by atomic mass is 79.9. The van der Waals surface area contributed by atoms with Gasteiger partial charge in [-0.25, -0.2) is 0 Å². The zero-order valence-corrected chi connectivity index (χ0v) is 29.7. The van der Waals surface area contributed by atoms with Gasteiger partial charge in [0, 0.05) is 12.0 Å². The van der Waals surface area contributed by atoms with Crippen molar-refractivity contribution in [1.82, 2.24) is 9.91 Å². The molecule has 4 amide bonds. The molecule has 2 N–H and O–H groups in total. The number of benzene rings is 3. The second-order valence-corrected chi connectivity index (χ2v) is 15.3. The van der Waals surface area contributed by atoms with Gasteiger partial charge < -0.3 is 9.84 Å². The van der Waals surface area contributed by atoms with Gasteiger partial charge in [0.05, 0.1) is 40.4 Å². The molecule has 5 aliphatic rings. The summed E-state index contributed by atoms with van der Waals surface area (Å²) in [6, 6.07) is 20.3. The van der Waals surface area contributed by atoms with Crippen LogP contribution >= 0.6 is 15.9 Å². The van der Waals surface area contributed by atoms with Crippen LogP contribution in [0.2, 0.25) is 0 Å². The number of hydrogen-bond acceptors (Lipinski definition) is 7. The molecule has 2 heterocycles. The van der Waals surface area contributed by atoms with Crippen LogP contribution in [0.1, 0.15) is 67.6 Å². The van der Waals surface area contributed by atoms with Gasteiger partial charge in [0.2, 0.25) is 11.8 Å². The Labute approximate surface area is 299 Å². The first-order valence-corrected chi connectivity index (χ1v) is 18.4. The number of allylic oxidation sites excluding steroid dienone is 2. The molecule has 3 aromatic carbocycles. The van der Waals surface area contributed by atoms with E-state index < -0.39 is 40.9 Å². The number of ether oxygens (including phenoxy) is 1. The maximum atomic E-state index is 15.3. The number of imide groups is 2. The highest BCUT2D eigenvalue weighted by Gasteiger charge is 2.70. The lowest BCUT2D eigenvalue weighted by Crippen LogP contribution is -2.53. The highest BCUT2D eigenvalue weighted by Crippen LogP contribution is 2.64. The van der Waals surface area contributed by atoms with Gasteiger partial charge in [-0.05, 0) is 89.8 Å². The summed E-state index contributed by atoms with van der Waals surface area (Å²) in [5.74, 6) is -4.03. The third kappa shape index (κ3) is 4.77. The normalized spacial score (nSPS) is 29.4. The lowest BCUT2D eigenvalue weighted by atomic mass is 9.49. The number of halogens is 1. The summed E-state index contributed by atoms with van der Waals surface area (Å²) in [5, 5.41) is 12.0. The van der Waals surface area contributed by atoms with E-state index in [1.54, 1.807) is 17.0 Å². The van der Waals surface area contributed by atoms with Crippen molar-refractivity contribution in [3.05, 3.63) is 99.5 Å². The number of carbonyl (C=O) groups is 4. The molecule has 0 aromatic heterocycles. The molecule has 6 atom stereocenters. The Morgan fingerprint density at radius 2 is 1.62 bits per heavy atom. The third-order valence-corrected chi connectivity index (χ3v) is 12.6. The number of likely N-dealkylation sites (tertiary alicyclic amines) is 1. The molecule has 3 aliphatic carbocycles. The second kappa shape index (κ2) is 12.4. The minimum absolute atomic E-state index is 0.0808. The van der Waals surface area contributed by atoms with Crippen LogP contribution in [0.25, 0.3) is 0 Å². The van der Waals surface area contributed by atoms with Crippen molar-refractivity contribution in [1.29, 1.82) is 0 Å². The Bertz CT molecular complexity index is 1920. The number of nitrogens with one attached hydrogen (secondary N) is 1. The Morgan fingerprint density at radius 3 is 2.32 bits per heavy atom. The van der Waals surface area contributed by atoms with E-state index in [0.29, 0.717) is 27.7 Å². The minimum atomic E-state index is -1.40. The van der Waals surface area contributed by atoms with Crippen LogP contribution < -0.4 is 10.2 Å². The number of rotatable bonds is 6. The first-order valence-electron chi connectivity index (χ1n) is 17.6. The first-order chi connectivity index (χ1) is 24.2. The Kier molecular flexibility index (Phi) is 8.12. The number of nitrogens with zero attached hydrogens (tertiary/aromatic N) is 2. The van der Waals surface area contributed by atoms with Gasteiger partial charge in [-0.15, -0.1) is 0 Å². The van der Waals surface area contributed by atoms with Gasteiger partial charge in [0.1, 0.15) is 0 Å². The average Bonchev–Trinajstić information content (AvgIpc) is 3.51. The zero-order valence-electron chi connectivity index (χ0n) is 28.1. The molecule has 4 fully saturated rings. The number of fused-ring (bicyclic) bond motifs is 4. The smallest absolute Gasteiger partial charge is 0.260 e. The number of carbonyl (C=O) groups excluding carboxylic acids is 4. The summed E-state index contributed by atoms with van der Waals surface area (Å²) < 4.78 is 5.98. The molecule has 50 heavy (non-hydrogen) atoms. The fourth-order valence-corrected chi connectivity index (χ4v) is 10.2. The Hall–Kier alpha value is -4.44. The molecule has 9 nitrogen and oxygen atoms in total. The van der Waals surface area contributed by atoms with Crippen LogP contribution in [0, 0.1) is 30.6 Å². The first kappa shape index (κ1) is 32.7. The molecule has 8 rings (SSSR count). The van der Waals surface area contributed by atoms with Gasteiger partial charge in [-0.3, -0.25) is 29.5 Å².